The molecule has 1 aliphatic carbocycles. The van der Waals surface area contributed by atoms with Gasteiger partial charge in [-0.05, 0) is 62.7 Å². The number of nitrogens with zero attached hydrogens (tertiary/aromatic N) is 1. The molecule has 1 fully saturated rings. The Labute approximate surface area is 182 Å². The second-order valence-corrected chi connectivity index (χ2v) is 8.64. The molecule has 1 aliphatic heterocycles. The Balaban J connectivity index is 1.35. The minimum absolute atomic E-state index is 0.326. The van der Waals surface area contributed by atoms with Crippen molar-refractivity contribution in [3.8, 4) is 0 Å². The van der Waals surface area contributed by atoms with Gasteiger partial charge in [-0.1, -0.05) is 56.2 Å². The Hall–Kier alpha value is -2.49. The van der Waals surface area contributed by atoms with Crippen LogP contribution in [0.15, 0.2) is 71.6 Å². The molecule has 1 saturated carbocycles. The number of hydrogen-bond acceptors (Lipinski definition) is 3. The molecule has 3 N–H and O–H groups in total. The lowest BCUT2D eigenvalue weighted by Crippen LogP contribution is -2.37. The van der Waals surface area contributed by atoms with Gasteiger partial charge in [-0.3, -0.25) is 4.99 Å². The fraction of sp³-hybridized carbons (Fsp3) is 0.500. The van der Waals surface area contributed by atoms with Crippen LogP contribution in [0.4, 0.5) is 0 Å². The number of benzene rings is 1. The summed E-state index contributed by atoms with van der Waals surface area (Å²) in [7, 11) is 0. The SMILES string of the molecule is C=C(/C=C/C1=CNC(=NC(C)CCCc2ccccc2)CN1)NCC1CCCCC1. The van der Waals surface area contributed by atoms with E-state index in [1.165, 1.54) is 37.7 Å². The predicted octanol–water partition coefficient (Wildman–Crippen LogP) is 5.07. The second kappa shape index (κ2) is 12.3. The van der Waals surface area contributed by atoms with Crippen molar-refractivity contribution in [2.75, 3.05) is 13.1 Å². The fourth-order valence-corrected chi connectivity index (χ4v) is 4.13. The quantitative estimate of drug-likeness (QED) is 0.476. The number of nitrogens with one attached hydrogen (secondary N) is 3. The third-order valence-corrected chi connectivity index (χ3v) is 5.97. The van der Waals surface area contributed by atoms with Crippen LogP contribution in [0.1, 0.15) is 57.4 Å². The molecule has 0 bridgehead atoms. The zero-order valence-corrected chi connectivity index (χ0v) is 18.5. The van der Waals surface area contributed by atoms with Crippen molar-refractivity contribution in [1.82, 2.24) is 16.0 Å². The molecule has 0 radical (unpaired) electrons. The van der Waals surface area contributed by atoms with Crippen molar-refractivity contribution in [2.24, 2.45) is 10.9 Å². The minimum atomic E-state index is 0.326. The van der Waals surface area contributed by atoms with E-state index in [1.807, 2.05) is 6.20 Å². The molecule has 2 aliphatic rings. The van der Waals surface area contributed by atoms with Crippen LogP contribution in [-0.2, 0) is 6.42 Å². The van der Waals surface area contributed by atoms with E-state index in [4.69, 9.17) is 4.99 Å². The molecule has 0 aromatic heterocycles. The summed E-state index contributed by atoms with van der Waals surface area (Å²) >= 11 is 0. The summed E-state index contributed by atoms with van der Waals surface area (Å²) in [6.45, 7) is 8.11. The van der Waals surface area contributed by atoms with Gasteiger partial charge >= 0.3 is 0 Å². The van der Waals surface area contributed by atoms with Crippen molar-refractivity contribution < 1.29 is 0 Å². The van der Waals surface area contributed by atoms with Crippen LogP contribution in [0.25, 0.3) is 0 Å². The van der Waals surface area contributed by atoms with Crippen LogP contribution in [0.5, 0.6) is 0 Å². The van der Waals surface area contributed by atoms with Gasteiger partial charge < -0.3 is 16.0 Å². The van der Waals surface area contributed by atoms with Crippen LogP contribution in [0, 0.1) is 5.92 Å². The highest BCUT2D eigenvalue weighted by molar-refractivity contribution is 5.86. The maximum absolute atomic E-state index is 4.82. The number of allylic oxidation sites excluding steroid dienone is 2. The van der Waals surface area contributed by atoms with Crippen molar-refractivity contribution in [2.45, 2.75) is 64.3 Å². The lowest BCUT2D eigenvalue weighted by atomic mass is 9.89. The Kier molecular flexibility index (Phi) is 9.07. The van der Waals surface area contributed by atoms with Crippen molar-refractivity contribution >= 4 is 5.84 Å². The summed E-state index contributed by atoms with van der Waals surface area (Å²) in [6.07, 6.45) is 16.4. The summed E-state index contributed by atoms with van der Waals surface area (Å²) in [6, 6.07) is 11.0. The highest BCUT2D eigenvalue weighted by Gasteiger charge is 2.12. The Bertz CT molecular complexity index is 742. The van der Waals surface area contributed by atoms with Gasteiger partial charge in [0, 0.05) is 24.5 Å². The van der Waals surface area contributed by atoms with Gasteiger partial charge in [0.05, 0.1) is 12.2 Å². The van der Waals surface area contributed by atoms with E-state index in [1.54, 1.807) is 0 Å². The molecule has 1 heterocycles. The van der Waals surface area contributed by atoms with Crippen LogP contribution < -0.4 is 16.0 Å². The molecule has 0 saturated heterocycles. The van der Waals surface area contributed by atoms with E-state index in [0.717, 1.165) is 55.5 Å². The van der Waals surface area contributed by atoms with Gasteiger partial charge in [-0.15, -0.1) is 0 Å². The maximum Gasteiger partial charge on any atom is 0.120 e. The van der Waals surface area contributed by atoms with Crippen LogP contribution in [0.3, 0.4) is 0 Å². The Morgan fingerprint density at radius 3 is 2.77 bits per heavy atom. The molecule has 162 valence electrons. The normalized spacial score (nSPS) is 19.8. The van der Waals surface area contributed by atoms with Gasteiger partial charge in [-0.25, -0.2) is 0 Å². The lowest BCUT2D eigenvalue weighted by molar-refractivity contribution is 0.352. The van der Waals surface area contributed by atoms with Crippen LogP contribution >= 0.6 is 0 Å². The van der Waals surface area contributed by atoms with E-state index < -0.39 is 0 Å². The highest BCUT2D eigenvalue weighted by Crippen LogP contribution is 2.23. The van der Waals surface area contributed by atoms with Crippen molar-refractivity contribution in [1.29, 1.82) is 0 Å². The van der Waals surface area contributed by atoms with Gasteiger partial charge in [-0.2, -0.15) is 0 Å². The molecule has 0 amide bonds. The molecule has 1 aromatic rings. The van der Waals surface area contributed by atoms with E-state index in [-0.39, 0.29) is 0 Å². The van der Waals surface area contributed by atoms with Crippen LogP contribution in [0.2, 0.25) is 0 Å². The summed E-state index contributed by atoms with van der Waals surface area (Å²) in [5, 5.41) is 10.2. The lowest BCUT2D eigenvalue weighted by Gasteiger charge is -2.22. The third kappa shape index (κ3) is 8.10. The first-order chi connectivity index (χ1) is 14.7. The second-order valence-electron chi connectivity index (χ2n) is 8.64. The average Bonchev–Trinajstić information content (AvgIpc) is 2.78. The van der Waals surface area contributed by atoms with E-state index in [0.29, 0.717) is 6.04 Å². The minimum Gasteiger partial charge on any atom is -0.385 e. The van der Waals surface area contributed by atoms with Gasteiger partial charge in [0.15, 0.2) is 0 Å². The number of amidine groups is 1. The molecule has 1 atom stereocenters. The monoisotopic (exact) mass is 406 g/mol. The Morgan fingerprint density at radius 2 is 2.03 bits per heavy atom. The number of aryl methyl sites for hydroxylation is 1. The first kappa shape index (κ1) is 22.2. The van der Waals surface area contributed by atoms with E-state index in [2.05, 4.69) is 71.9 Å². The molecule has 4 heteroatoms. The number of hydrogen-bond donors (Lipinski definition) is 3. The highest BCUT2D eigenvalue weighted by atomic mass is 15.1. The first-order valence-corrected chi connectivity index (χ1v) is 11.6. The fourth-order valence-electron chi connectivity index (χ4n) is 4.13. The number of rotatable bonds is 10. The molecule has 30 heavy (non-hydrogen) atoms. The topological polar surface area (TPSA) is 48.5 Å². The number of aliphatic imine (C=N–C) groups is 1. The van der Waals surface area contributed by atoms with Gasteiger partial charge in [0.1, 0.15) is 5.84 Å². The summed E-state index contributed by atoms with van der Waals surface area (Å²) < 4.78 is 0. The zero-order valence-electron chi connectivity index (χ0n) is 18.5. The zero-order chi connectivity index (χ0) is 21.0. The first-order valence-electron chi connectivity index (χ1n) is 11.6. The van der Waals surface area contributed by atoms with E-state index in [9.17, 15) is 0 Å². The maximum atomic E-state index is 4.82. The summed E-state index contributed by atoms with van der Waals surface area (Å²) in [5.74, 6) is 1.82. The molecule has 3 rings (SSSR count). The molecule has 0 spiro atoms. The predicted molar refractivity (Wildman–Crippen MR) is 128 cm³/mol. The Morgan fingerprint density at radius 1 is 1.23 bits per heavy atom. The van der Waals surface area contributed by atoms with E-state index >= 15 is 0 Å². The third-order valence-electron chi connectivity index (χ3n) is 5.97. The molecular weight excluding hydrogens is 368 g/mol. The molecule has 4 nitrogen and oxygen atoms in total. The van der Waals surface area contributed by atoms with Crippen molar-refractivity contribution in [3.05, 3.63) is 72.2 Å². The standard InChI is InChI=1S/C26H38N4/c1-21(27-18-24-13-7-4-8-14-24)16-17-25-19-29-26(20-28-25)30-22(2)10-9-15-23-11-5-3-6-12-23/h3,5-6,11-12,16-17,19,22,24,27-28H,1,4,7-10,13-15,18,20H2,2H3,(H,29,30)/b17-16+. The van der Waals surface area contributed by atoms with Gasteiger partial charge in [0.2, 0.25) is 0 Å². The average molecular weight is 407 g/mol. The molecule has 1 unspecified atom stereocenters. The largest absolute Gasteiger partial charge is 0.385 e. The van der Waals surface area contributed by atoms with Crippen molar-refractivity contribution in [3.63, 3.8) is 0 Å². The summed E-state index contributed by atoms with van der Waals surface area (Å²) in [4.78, 5) is 4.82. The van der Waals surface area contributed by atoms with Crippen LogP contribution in [-0.4, -0.2) is 25.0 Å². The van der Waals surface area contributed by atoms with Gasteiger partial charge in [0.25, 0.3) is 0 Å². The smallest absolute Gasteiger partial charge is 0.120 e. The molecular formula is C26H38N4. The molecule has 1 aromatic carbocycles. The summed E-state index contributed by atoms with van der Waals surface area (Å²) in [5.41, 5.74) is 3.45.